The summed E-state index contributed by atoms with van der Waals surface area (Å²) in [6.45, 7) is 12.6. The molecule has 204 valence electrons. The first kappa shape index (κ1) is 29.5. The fourth-order valence-electron chi connectivity index (χ4n) is 5.18. The molecule has 0 aromatic carbocycles. The van der Waals surface area contributed by atoms with E-state index in [2.05, 4.69) is 79.9 Å². The van der Waals surface area contributed by atoms with Gasteiger partial charge in [0.2, 0.25) is 6.41 Å². The van der Waals surface area contributed by atoms with Gasteiger partial charge >= 0.3 is 0 Å². The van der Waals surface area contributed by atoms with E-state index < -0.39 is 0 Å². The van der Waals surface area contributed by atoms with Gasteiger partial charge in [-0.2, -0.15) is 0 Å². The Balaban J connectivity index is 0.000000235. The van der Waals surface area contributed by atoms with Gasteiger partial charge in [-0.15, -0.1) is 0 Å². The molecule has 2 atom stereocenters. The van der Waals surface area contributed by atoms with Crippen molar-refractivity contribution in [2.75, 3.05) is 33.2 Å². The molecule has 0 fully saturated rings. The molecular formula is C32H44N4O2. The van der Waals surface area contributed by atoms with Crippen molar-refractivity contribution in [3.63, 3.8) is 0 Å². The second-order valence-electron chi connectivity index (χ2n) is 10.0. The van der Waals surface area contributed by atoms with Gasteiger partial charge in [0, 0.05) is 37.1 Å². The lowest BCUT2D eigenvalue weighted by molar-refractivity contribution is -0.110. The van der Waals surface area contributed by atoms with Crippen LogP contribution in [0.25, 0.3) is 6.08 Å². The summed E-state index contributed by atoms with van der Waals surface area (Å²) >= 11 is 0. The maximum Gasteiger partial charge on any atom is 0.218 e. The number of rotatable bonds is 6. The number of nitrogens with zero attached hydrogens (tertiary/aromatic N) is 4. The van der Waals surface area contributed by atoms with E-state index in [4.69, 9.17) is 0 Å². The average Bonchev–Trinajstić information content (AvgIpc) is 3.17. The summed E-state index contributed by atoms with van der Waals surface area (Å²) < 4.78 is 1.71. The molecule has 0 unspecified atom stereocenters. The third-order valence-electron chi connectivity index (χ3n) is 7.74. The normalized spacial score (nSPS) is 21.1. The summed E-state index contributed by atoms with van der Waals surface area (Å²) in [4.78, 5) is 31.5. The minimum absolute atomic E-state index is 0.0232. The zero-order valence-electron chi connectivity index (χ0n) is 23.8. The van der Waals surface area contributed by atoms with Crippen LogP contribution in [0.2, 0.25) is 0 Å². The van der Waals surface area contributed by atoms with Crippen LogP contribution < -0.4 is 0 Å². The van der Waals surface area contributed by atoms with Crippen molar-refractivity contribution >= 4 is 18.8 Å². The number of pyridine rings is 1. The maximum absolute atomic E-state index is 11.4. The minimum Gasteiger partial charge on any atom is -0.307 e. The first-order chi connectivity index (χ1) is 18.5. The van der Waals surface area contributed by atoms with Crippen molar-refractivity contribution in [3.05, 3.63) is 82.5 Å². The molecule has 2 aromatic heterocycles. The van der Waals surface area contributed by atoms with Crippen LogP contribution in [-0.2, 0) is 28.9 Å². The molecule has 2 aromatic rings. The number of hydrogen-bond donors (Lipinski definition) is 0. The number of carbonyl (C=O) groups is 2. The van der Waals surface area contributed by atoms with E-state index in [1.165, 1.54) is 27.8 Å². The second kappa shape index (κ2) is 14.7. The second-order valence-corrected chi connectivity index (χ2v) is 10.0. The highest BCUT2D eigenvalue weighted by atomic mass is 16.1. The third kappa shape index (κ3) is 7.27. The van der Waals surface area contributed by atoms with Crippen LogP contribution in [0.15, 0.2) is 60.1 Å². The van der Waals surface area contributed by atoms with Crippen LogP contribution in [0.5, 0.6) is 0 Å². The van der Waals surface area contributed by atoms with E-state index in [0.717, 1.165) is 70.3 Å². The molecule has 0 amide bonds. The first-order valence-electron chi connectivity index (χ1n) is 14.0. The molecule has 3 aliphatic rings. The van der Waals surface area contributed by atoms with Gasteiger partial charge in [0.1, 0.15) is 6.29 Å². The molecule has 2 bridgehead atoms. The molecule has 6 nitrogen and oxygen atoms in total. The largest absolute Gasteiger partial charge is 0.307 e. The van der Waals surface area contributed by atoms with Crippen LogP contribution >= 0.6 is 0 Å². The van der Waals surface area contributed by atoms with Gasteiger partial charge in [-0.25, -0.2) is 0 Å². The van der Waals surface area contributed by atoms with Gasteiger partial charge in [-0.1, -0.05) is 52.0 Å². The molecule has 0 N–H and O–H groups in total. The molecular weight excluding hydrogens is 472 g/mol. The van der Waals surface area contributed by atoms with Crippen molar-refractivity contribution in [2.24, 2.45) is 5.92 Å². The molecule has 38 heavy (non-hydrogen) atoms. The van der Waals surface area contributed by atoms with Crippen LogP contribution in [0, 0.1) is 5.92 Å². The van der Waals surface area contributed by atoms with Crippen LogP contribution in [-0.4, -0.2) is 71.3 Å². The summed E-state index contributed by atoms with van der Waals surface area (Å²) in [6, 6.07) is 4.33. The zero-order valence-corrected chi connectivity index (χ0v) is 23.8. The molecule has 0 radical (unpaired) electrons. The van der Waals surface area contributed by atoms with Gasteiger partial charge in [-0.3, -0.25) is 19.2 Å². The first-order valence-corrected chi connectivity index (χ1v) is 14.0. The predicted octanol–water partition coefficient (Wildman–Crippen LogP) is 5.02. The summed E-state index contributed by atoms with van der Waals surface area (Å²) in [6.07, 6.45) is 20.0. The molecule has 6 heteroatoms. The van der Waals surface area contributed by atoms with Crippen LogP contribution in [0.1, 0.15) is 56.5 Å². The molecule has 3 heterocycles. The monoisotopic (exact) mass is 516 g/mol. The number of aryl methyl sites for hydroxylation is 1. The standard InChI is InChI=1S/C20H22N2O2.C7H9N.C5H13N/c1-2-21-10-14(12-23)7-17-15-5-3-4-6-19-18(8-15)16(9-20(17)21)11-22(19)13-24;1-2-7-4-3-5-8-6-7;1-4-6(3)5-2/h4-7,11-14,20H,2-3,8-10H2,1H3;3-6H,2H2,1H3;4-5H2,1-3H3/b6-4?,15-5+;;/t14-,20-;;/m1../s1. The van der Waals surface area contributed by atoms with Gasteiger partial charge in [0.05, 0.1) is 5.69 Å². The number of fused-ring (bicyclic) bond motifs is 3. The van der Waals surface area contributed by atoms with E-state index in [0.29, 0.717) is 6.04 Å². The number of carbonyl (C=O) groups excluding carboxylic acids is 2. The maximum atomic E-state index is 11.4. The van der Waals surface area contributed by atoms with E-state index in [9.17, 15) is 9.59 Å². The zero-order chi connectivity index (χ0) is 27.5. The molecule has 5 rings (SSSR count). The lowest BCUT2D eigenvalue weighted by Gasteiger charge is -2.38. The Morgan fingerprint density at radius 2 is 1.95 bits per heavy atom. The SMILES string of the molecule is CCN(C)CC.CCN1C[C@H](C=O)C=C2/C3=C/CC=Cc4c(c(cn4C=O)C[C@H]21)C3.CCc1cccnc1. The Kier molecular flexibility index (Phi) is 11.4. The van der Waals surface area contributed by atoms with Crippen molar-refractivity contribution in [1.29, 1.82) is 0 Å². The Labute approximate surface area is 228 Å². The van der Waals surface area contributed by atoms with E-state index in [-0.39, 0.29) is 5.92 Å². The van der Waals surface area contributed by atoms with E-state index >= 15 is 0 Å². The molecule has 1 aliphatic heterocycles. The van der Waals surface area contributed by atoms with E-state index in [1.54, 1.807) is 10.8 Å². The number of hydrogen-bond acceptors (Lipinski definition) is 5. The van der Waals surface area contributed by atoms with Gasteiger partial charge < -0.3 is 9.69 Å². The average molecular weight is 517 g/mol. The topological polar surface area (TPSA) is 58.4 Å². The highest BCUT2D eigenvalue weighted by Crippen LogP contribution is 2.38. The summed E-state index contributed by atoms with van der Waals surface area (Å²) in [5.74, 6) is -0.0232. The quantitative estimate of drug-likeness (QED) is 0.505. The summed E-state index contributed by atoms with van der Waals surface area (Å²) in [5, 5.41) is 0. The van der Waals surface area contributed by atoms with Crippen molar-refractivity contribution in [1.82, 2.24) is 19.4 Å². The summed E-state index contributed by atoms with van der Waals surface area (Å²) in [5.41, 5.74) is 7.46. The number of allylic oxidation sites excluding steroid dienone is 2. The minimum atomic E-state index is -0.0232. The summed E-state index contributed by atoms with van der Waals surface area (Å²) in [7, 11) is 2.11. The number of aldehydes is 1. The molecule has 0 saturated heterocycles. The van der Waals surface area contributed by atoms with Crippen molar-refractivity contribution in [3.8, 4) is 0 Å². The lowest BCUT2D eigenvalue weighted by atomic mass is 9.86. The highest BCUT2D eigenvalue weighted by Gasteiger charge is 2.35. The van der Waals surface area contributed by atoms with Crippen molar-refractivity contribution < 1.29 is 9.59 Å². The smallest absolute Gasteiger partial charge is 0.218 e. The lowest BCUT2D eigenvalue weighted by Crippen LogP contribution is -2.44. The molecule has 0 saturated carbocycles. The van der Waals surface area contributed by atoms with Gasteiger partial charge in [-0.05, 0) is 92.3 Å². The third-order valence-corrected chi connectivity index (χ3v) is 7.74. The van der Waals surface area contributed by atoms with Gasteiger partial charge in [0.25, 0.3) is 0 Å². The predicted molar refractivity (Wildman–Crippen MR) is 157 cm³/mol. The van der Waals surface area contributed by atoms with E-state index in [1.807, 2.05) is 18.5 Å². The fourth-order valence-corrected chi connectivity index (χ4v) is 5.18. The Hall–Kier alpha value is -3.09. The number of likely N-dealkylation sites (N-methyl/N-ethyl adjacent to an activating group) is 1. The Morgan fingerprint density at radius 3 is 2.50 bits per heavy atom. The van der Waals surface area contributed by atoms with Gasteiger partial charge in [0.15, 0.2) is 0 Å². The Morgan fingerprint density at radius 1 is 1.16 bits per heavy atom. The Bertz CT molecular complexity index is 1140. The highest BCUT2D eigenvalue weighted by molar-refractivity contribution is 5.68. The molecule has 2 aliphatic carbocycles. The number of aromatic nitrogens is 2. The van der Waals surface area contributed by atoms with Crippen LogP contribution in [0.3, 0.4) is 0 Å². The van der Waals surface area contributed by atoms with Crippen LogP contribution in [0.4, 0.5) is 0 Å². The molecule has 0 spiro atoms. The fraction of sp³-hybridized carbons (Fsp3) is 0.469. The van der Waals surface area contributed by atoms with Crippen molar-refractivity contribution in [2.45, 2.75) is 59.4 Å².